The van der Waals surface area contributed by atoms with E-state index in [4.69, 9.17) is 4.74 Å². The average Bonchev–Trinajstić information content (AvgIpc) is 2.80. The maximum Gasteiger partial charge on any atom is 0.158 e. The van der Waals surface area contributed by atoms with Crippen LogP contribution in [0.2, 0.25) is 0 Å². The smallest absolute Gasteiger partial charge is 0.158 e. The number of hydrogen-bond donors (Lipinski definition) is 0. The molecule has 5 nitrogen and oxygen atoms in total. The molecule has 19 heavy (non-hydrogen) atoms. The lowest BCUT2D eigenvalue weighted by molar-refractivity contribution is 0.414. The minimum absolute atomic E-state index is 0.273. The monoisotopic (exact) mass is 280 g/mol. The van der Waals surface area contributed by atoms with Crippen LogP contribution in [0.3, 0.4) is 0 Å². The van der Waals surface area contributed by atoms with Crippen LogP contribution in [0.4, 0.5) is 0 Å². The summed E-state index contributed by atoms with van der Waals surface area (Å²) in [5.74, 6) is 0.991. The van der Waals surface area contributed by atoms with E-state index in [1.807, 2.05) is 22.9 Å². The van der Waals surface area contributed by atoms with Crippen molar-refractivity contribution < 1.29 is 13.2 Å². The Morgan fingerprint density at radius 1 is 1.42 bits per heavy atom. The van der Waals surface area contributed by atoms with Gasteiger partial charge in [0.15, 0.2) is 9.84 Å². The summed E-state index contributed by atoms with van der Waals surface area (Å²) in [6.07, 6.45) is 6.02. The van der Waals surface area contributed by atoms with Crippen molar-refractivity contribution in [1.29, 1.82) is 0 Å². The number of imidazole rings is 1. The second kappa shape index (κ2) is 4.52. The summed E-state index contributed by atoms with van der Waals surface area (Å²) in [5.41, 5.74) is 1.36. The standard InChI is InChI=1S/C13H16N2O3S/c1-18-10-5-6-15-9-11(14-13(15)8-10)12-4-2-3-7-19(12,16)17/h5-6,8-9,12H,2-4,7H2,1H3. The van der Waals surface area contributed by atoms with Gasteiger partial charge in [-0.05, 0) is 18.9 Å². The number of rotatable bonds is 2. The van der Waals surface area contributed by atoms with Crippen LogP contribution in [-0.2, 0) is 9.84 Å². The van der Waals surface area contributed by atoms with E-state index in [9.17, 15) is 8.42 Å². The Morgan fingerprint density at radius 2 is 2.26 bits per heavy atom. The normalized spacial score (nSPS) is 22.5. The Kier molecular flexibility index (Phi) is 2.97. The Bertz CT molecular complexity index is 706. The summed E-state index contributed by atoms with van der Waals surface area (Å²) in [5, 5.41) is -0.452. The number of ether oxygens (including phenoxy) is 1. The molecule has 102 valence electrons. The fraction of sp³-hybridized carbons (Fsp3) is 0.462. The Morgan fingerprint density at radius 3 is 3.00 bits per heavy atom. The van der Waals surface area contributed by atoms with Crippen LogP contribution in [0, 0.1) is 0 Å². The van der Waals surface area contributed by atoms with Crippen molar-refractivity contribution in [2.45, 2.75) is 24.5 Å². The highest BCUT2D eigenvalue weighted by atomic mass is 32.2. The highest BCUT2D eigenvalue weighted by molar-refractivity contribution is 7.91. The van der Waals surface area contributed by atoms with Gasteiger partial charge in [-0.2, -0.15) is 0 Å². The molecular formula is C13H16N2O3S. The van der Waals surface area contributed by atoms with E-state index >= 15 is 0 Å². The van der Waals surface area contributed by atoms with Crippen LogP contribution < -0.4 is 4.74 Å². The number of fused-ring (bicyclic) bond motifs is 1. The molecule has 0 radical (unpaired) electrons. The number of methoxy groups -OCH3 is 1. The Balaban J connectivity index is 2.05. The lowest BCUT2D eigenvalue weighted by Gasteiger charge is -2.20. The molecule has 1 unspecified atom stereocenters. The molecule has 0 N–H and O–H groups in total. The van der Waals surface area contributed by atoms with Crippen LogP contribution in [0.25, 0.3) is 5.65 Å². The summed E-state index contributed by atoms with van der Waals surface area (Å²) in [6.45, 7) is 0. The first kappa shape index (κ1) is 12.5. The molecule has 1 aliphatic rings. The second-order valence-corrected chi connectivity index (χ2v) is 7.15. The van der Waals surface area contributed by atoms with Gasteiger partial charge in [0.1, 0.15) is 16.6 Å². The zero-order valence-electron chi connectivity index (χ0n) is 10.7. The molecule has 3 rings (SSSR count). The molecule has 3 heterocycles. The lowest BCUT2D eigenvalue weighted by Crippen LogP contribution is -2.21. The third-order valence-electron chi connectivity index (χ3n) is 3.59. The van der Waals surface area contributed by atoms with E-state index in [0.29, 0.717) is 12.1 Å². The van der Waals surface area contributed by atoms with Gasteiger partial charge in [0.25, 0.3) is 0 Å². The molecule has 0 aliphatic carbocycles. The third-order valence-corrected chi connectivity index (χ3v) is 5.80. The quantitative estimate of drug-likeness (QED) is 0.844. The summed E-state index contributed by atoms with van der Waals surface area (Å²) in [4.78, 5) is 4.44. The first-order chi connectivity index (χ1) is 9.10. The molecule has 0 spiro atoms. The topological polar surface area (TPSA) is 60.7 Å². The van der Waals surface area contributed by atoms with Gasteiger partial charge in [-0.25, -0.2) is 13.4 Å². The summed E-state index contributed by atoms with van der Waals surface area (Å²) < 4.78 is 31.2. The van der Waals surface area contributed by atoms with Gasteiger partial charge in [-0.15, -0.1) is 0 Å². The van der Waals surface area contributed by atoms with Crippen LogP contribution in [-0.4, -0.2) is 30.7 Å². The number of aromatic nitrogens is 2. The third kappa shape index (κ3) is 2.20. The molecule has 0 aromatic carbocycles. The van der Waals surface area contributed by atoms with E-state index in [2.05, 4.69) is 4.98 Å². The van der Waals surface area contributed by atoms with Crippen molar-refractivity contribution >= 4 is 15.5 Å². The second-order valence-electron chi connectivity index (χ2n) is 4.85. The zero-order valence-corrected chi connectivity index (χ0v) is 11.6. The van der Waals surface area contributed by atoms with Crippen molar-refractivity contribution in [3.05, 3.63) is 30.2 Å². The SMILES string of the molecule is COc1ccn2cc(C3CCCCS3(=O)=O)nc2c1. The van der Waals surface area contributed by atoms with Gasteiger partial charge in [-0.1, -0.05) is 6.42 Å². The lowest BCUT2D eigenvalue weighted by atomic mass is 10.1. The van der Waals surface area contributed by atoms with E-state index in [1.54, 1.807) is 13.2 Å². The predicted molar refractivity (Wildman–Crippen MR) is 72.1 cm³/mol. The highest BCUT2D eigenvalue weighted by Gasteiger charge is 2.32. The van der Waals surface area contributed by atoms with E-state index in [1.165, 1.54) is 0 Å². The van der Waals surface area contributed by atoms with Crippen LogP contribution >= 0.6 is 0 Å². The molecule has 1 fully saturated rings. The molecule has 0 saturated carbocycles. The summed E-state index contributed by atoms with van der Waals surface area (Å²) in [7, 11) is -1.45. The van der Waals surface area contributed by atoms with Gasteiger partial charge in [0.2, 0.25) is 0 Å². The van der Waals surface area contributed by atoms with Crippen LogP contribution in [0.5, 0.6) is 5.75 Å². The van der Waals surface area contributed by atoms with Gasteiger partial charge in [0, 0.05) is 18.5 Å². The summed E-state index contributed by atoms with van der Waals surface area (Å²) in [6, 6.07) is 3.63. The molecular weight excluding hydrogens is 264 g/mol. The van der Waals surface area contributed by atoms with Crippen molar-refractivity contribution in [1.82, 2.24) is 9.38 Å². The number of sulfone groups is 1. The van der Waals surface area contributed by atoms with Crippen LogP contribution in [0.1, 0.15) is 30.2 Å². The van der Waals surface area contributed by atoms with Crippen molar-refractivity contribution in [3.63, 3.8) is 0 Å². The number of nitrogens with zero attached hydrogens (tertiary/aromatic N) is 2. The fourth-order valence-corrected chi connectivity index (χ4v) is 4.45. The molecule has 1 saturated heterocycles. The van der Waals surface area contributed by atoms with Gasteiger partial charge < -0.3 is 9.14 Å². The van der Waals surface area contributed by atoms with Gasteiger partial charge in [0.05, 0.1) is 18.6 Å². The minimum atomic E-state index is -3.05. The maximum absolute atomic E-state index is 12.1. The number of hydrogen-bond acceptors (Lipinski definition) is 4. The molecule has 2 aromatic heterocycles. The molecule has 2 aromatic rings. The molecule has 6 heteroatoms. The molecule has 1 aliphatic heterocycles. The summed E-state index contributed by atoms with van der Waals surface area (Å²) >= 11 is 0. The van der Waals surface area contributed by atoms with E-state index in [0.717, 1.165) is 24.2 Å². The first-order valence-electron chi connectivity index (χ1n) is 6.34. The predicted octanol–water partition coefficient (Wildman–Crippen LogP) is 1.98. The number of pyridine rings is 1. The Labute approximate surface area is 112 Å². The zero-order chi connectivity index (χ0) is 13.5. The van der Waals surface area contributed by atoms with Crippen molar-refractivity contribution in [3.8, 4) is 5.75 Å². The largest absolute Gasteiger partial charge is 0.497 e. The minimum Gasteiger partial charge on any atom is -0.497 e. The van der Waals surface area contributed by atoms with Gasteiger partial charge >= 0.3 is 0 Å². The maximum atomic E-state index is 12.1. The van der Waals surface area contributed by atoms with Crippen LogP contribution in [0.15, 0.2) is 24.5 Å². The van der Waals surface area contributed by atoms with E-state index in [-0.39, 0.29) is 5.75 Å². The fourth-order valence-electron chi connectivity index (χ4n) is 2.55. The van der Waals surface area contributed by atoms with E-state index < -0.39 is 15.1 Å². The van der Waals surface area contributed by atoms with Crippen molar-refractivity contribution in [2.75, 3.05) is 12.9 Å². The molecule has 0 amide bonds. The molecule has 0 bridgehead atoms. The Hall–Kier alpha value is -1.56. The average molecular weight is 280 g/mol. The van der Waals surface area contributed by atoms with Crippen molar-refractivity contribution in [2.24, 2.45) is 0 Å². The highest BCUT2D eigenvalue weighted by Crippen LogP contribution is 2.33. The first-order valence-corrected chi connectivity index (χ1v) is 8.06. The van der Waals surface area contributed by atoms with Gasteiger partial charge in [-0.3, -0.25) is 0 Å². The molecule has 1 atom stereocenters.